The second-order valence-electron chi connectivity index (χ2n) is 6.63. The van der Waals surface area contributed by atoms with Crippen molar-refractivity contribution in [3.05, 3.63) is 0 Å². The van der Waals surface area contributed by atoms with E-state index in [0.29, 0.717) is 18.9 Å². The Hall–Kier alpha value is -0.620. The van der Waals surface area contributed by atoms with E-state index in [1.807, 2.05) is 4.90 Å². The average Bonchev–Trinajstić information content (AvgIpc) is 2.91. The molecule has 2 aliphatic rings. The van der Waals surface area contributed by atoms with E-state index >= 15 is 0 Å². The third-order valence-corrected chi connectivity index (χ3v) is 6.17. The summed E-state index contributed by atoms with van der Waals surface area (Å²) in [6, 6.07) is 0.106. The number of nitrogens with zero attached hydrogens (tertiary/aromatic N) is 2. The van der Waals surface area contributed by atoms with Gasteiger partial charge in [0, 0.05) is 32.1 Å². The van der Waals surface area contributed by atoms with E-state index in [-0.39, 0.29) is 11.9 Å². The Balaban J connectivity index is 1.88. The normalized spacial score (nSPS) is 22.1. The molecule has 1 aliphatic carbocycles. The fourth-order valence-electron chi connectivity index (χ4n) is 3.43. The molecule has 1 aliphatic heterocycles. The van der Waals surface area contributed by atoms with Crippen LogP contribution >= 0.6 is 0 Å². The van der Waals surface area contributed by atoms with Crippen LogP contribution in [0.3, 0.4) is 0 Å². The van der Waals surface area contributed by atoms with E-state index in [2.05, 4.69) is 6.92 Å². The van der Waals surface area contributed by atoms with E-state index in [9.17, 15) is 13.2 Å². The first-order chi connectivity index (χ1) is 9.88. The summed E-state index contributed by atoms with van der Waals surface area (Å²) in [5, 5.41) is 0. The second-order valence-corrected chi connectivity index (χ2v) is 8.56. The summed E-state index contributed by atoms with van der Waals surface area (Å²) in [5.41, 5.74) is 0. The first-order valence-corrected chi connectivity index (χ1v) is 9.97. The lowest BCUT2D eigenvalue weighted by Gasteiger charge is -2.32. The molecule has 0 atom stereocenters. The van der Waals surface area contributed by atoms with Crippen LogP contribution in [-0.2, 0) is 14.8 Å². The lowest BCUT2D eigenvalue weighted by atomic mass is 9.99. The molecule has 1 saturated heterocycles. The van der Waals surface area contributed by atoms with Crippen LogP contribution in [0.4, 0.5) is 0 Å². The van der Waals surface area contributed by atoms with Crippen LogP contribution in [0.15, 0.2) is 0 Å². The first-order valence-electron chi connectivity index (χ1n) is 8.12. The van der Waals surface area contributed by atoms with Crippen molar-refractivity contribution in [2.75, 3.05) is 25.9 Å². The molecular formula is C15H28N2O3S. The minimum Gasteiger partial charge on any atom is -0.343 e. The number of hydrogen-bond donors (Lipinski definition) is 0. The first kappa shape index (κ1) is 16.7. The largest absolute Gasteiger partial charge is 0.343 e. The summed E-state index contributed by atoms with van der Waals surface area (Å²) in [5.74, 6) is 0.800. The average molecular weight is 316 g/mol. The molecular weight excluding hydrogens is 288 g/mol. The van der Waals surface area contributed by atoms with Gasteiger partial charge in [0.1, 0.15) is 0 Å². The molecule has 0 N–H and O–H groups in total. The van der Waals surface area contributed by atoms with Crippen LogP contribution in [0.2, 0.25) is 0 Å². The Labute approximate surface area is 128 Å². The van der Waals surface area contributed by atoms with Crippen molar-refractivity contribution in [2.45, 2.75) is 57.9 Å². The molecule has 1 heterocycles. The Bertz CT molecular complexity index is 450. The Kier molecular flexibility index (Phi) is 5.66. The van der Waals surface area contributed by atoms with Gasteiger partial charge < -0.3 is 4.90 Å². The summed E-state index contributed by atoms with van der Waals surface area (Å²) < 4.78 is 25.5. The van der Waals surface area contributed by atoms with Crippen LogP contribution in [-0.4, -0.2) is 55.5 Å². The minimum atomic E-state index is -3.22. The van der Waals surface area contributed by atoms with Gasteiger partial charge >= 0.3 is 0 Å². The summed E-state index contributed by atoms with van der Waals surface area (Å²) in [4.78, 5) is 14.2. The van der Waals surface area contributed by atoms with Crippen LogP contribution < -0.4 is 0 Å². The highest BCUT2D eigenvalue weighted by atomic mass is 32.2. The van der Waals surface area contributed by atoms with Gasteiger partial charge in [0.05, 0.1) is 6.26 Å². The molecule has 0 aromatic rings. The highest BCUT2D eigenvalue weighted by Gasteiger charge is 2.30. The lowest BCUT2D eigenvalue weighted by molar-refractivity contribution is -0.132. The Morgan fingerprint density at radius 2 is 1.71 bits per heavy atom. The van der Waals surface area contributed by atoms with Crippen LogP contribution in [0.5, 0.6) is 0 Å². The van der Waals surface area contributed by atoms with E-state index in [1.165, 1.54) is 6.26 Å². The number of sulfonamides is 1. The standard InChI is InChI=1S/C15H28N2O3S/c1-13-7-10-16(11-8-13)15(18)9-12-17(21(2,19)20)14-5-3-4-6-14/h13-14H,3-12H2,1-2H3. The molecule has 0 unspecified atom stereocenters. The number of hydrogen-bond acceptors (Lipinski definition) is 3. The van der Waals surface area contributed by atoms with Crippen molar-refractivity contribution in [1.82, 2.24) is 9.21 Å². The van der Waals surface area contributed by atoms with Gasteiger partial charge in [0.2, 0.25) is 15.9 Å². The summed E-state index contributed by atoms with van der Waals surface area (Å²) in [6.45, 7) is 4.20. The van der Waals surface area contributed by atoms with Gasteiger partial charge in [-0.25, -0.2) is 8.42 Å². The molecule has 21 heavy (non-hydrogen) atoms. The van der Waals surface area contributed by atoms with Crippen molar-refractivity contribution >= 4 is 15.9 Å². The van der Waals surface area contributed by atoms with E-state index in [1.54, 1.807) is 4.31 Å². The molecule has 5 nitrogen and oxygen atoms in total. The predicted octanol–water partition coefficient (Wildman–Crippen LogP) is 1.84. The Morgan fingerprint density at radius 3 is 2.24 bits per heavy atom. The summed E-state index contributed by atoms with van der Waals surface area (Å²) in [7, 11) is -3.22. The minimum absolute atomic E-state index is 0.105. The van der Waals surface area contributed by atoms with Crippen molar-refractivity contribution in [1.29, 1.82) is 0 Å². The number of amides is 1. The van der Waals surface area contributed by atoms with Crippen LogP contribution in [0.1, 0.15) is 51.9 Å². The van der Waals surface area contributed by atoms with E-state index in [4.69, 9.17) is 0 Å². The SMILES string of the molecule is CC1CCN(C(=O)CCN(C2CCCC2)S(C)(=O)=O)CC1. The molecule has 0 aromatic heterocycles. The van der Waals surface area contributed by atoms with E-state index in [0.717, 1.165) is 51.6 Å². The van der Waals surface area contributed by atoms with Gasteiger partial charge in [0.25, 0.3) is 0 Å². The fraction of sp³-hybridized carbons (Fsp3) is 0.933. The zero-order chi connectivity index (χ0) is 15.5. The molecule has 0 bridgehead atoms. The zero-order valence-electron chi connectivity index (χ0n) is 13.3. The highest BCUT2D eigenvalue weighted by Crippen LogP contribution is 2.25. The molecule has 122 valence electrons. The topological polar surface area (TPSA) is 57.7 Å². The van der Waals surface area contributed by atoms with Crippen LogP contribution in [0.25, 0.3) is 0 Å². The number of carbonyl (C=O) groups is 1. The molecule has 0 radical (unpaired) electrons. The maximum absolute atomic E-state index is 12.3. The second kappa shape index (κ2) is 7.09. The summed E-state index contributed by atoms with van der Waals surface area (Å²) >= 11 is 0. The number of piperidine rings is 1. The molecule has 2 fully saturated rings. The maximum Gasteiger partial charge on any atom is 0.223 e. The molecule has 2 rings (SSSR count). The van der Waals surface area contributed by atoms with Crippen molar-refractivity contribution in [3.8, 4) is 0 Å². The zero-order valence-corrected chi connectivity index (χ0v) is 14.1. The van der Waals surface area contributed by atoms with Crippen molar-refractivity contribution in [3.63, 3.8) is 0 Å². The quantitative estimate of drug-likeness (QED) is 0.777. The lowest BCUT2D eigenvalue weighted by Crippen LogP contribution is -2.43. The maximum atomic E-state index is 12.3. The molecule has 0 aromatic carbocycles. The van der Waals surface area contributed by atoms with Gasteiger partial charge in [-0.15, -0.1) is 0 Å². The van der Waals surface area contributed by atoms with Gasteiger partial charge in [0.15, 0.2) is 0 Å². The fourth-order valence-corrected chi connectivity index (χ4v) is 4.61. The highest BCUT2D eigenvalue weighted by molar-refractivity contribution is 7.88. The smallest absolute Gasteiger partial charge is 0.223 e. The molecule has 1 amide bonds. The van der Waals surface area contributed by atoms with Crippen molar-refractivity contribution < 1.29 is 13.2 Å². The van der Waals surface area contributed by atoms with Gasteiger partial charge in [-0.05, 0) is 31.6 Å². The van der Waals surface area contributed by atoms with Gasteiger partial charge in [-0.1, -0.05) is 19.8 Å². The Morgan fingerprint density at radius 1 is 1.14 bits per heavy atom. The third kappa shape index (κ3) is 4.68. The third-order valence-electron chi connectivity index (χ3n) is 4.84. The summed E-state index contributed by atoms with van der Waals surface area (Å²) in [6.07, 6.45) is 7.75. The predicted molar refractivity (Wildman–Crippen MR) is 83.4 cm³/mol. The number of carbonyl (C=O) groups excluding carboxylic acids is 1. The molecule has 0 spiro atoms. The van der Waals surface area contributed by atoms with E-state index < -0.39 is 10.0 Å². The van der Waals surface area contributed by atoms with Gasteiger partial charge in [-0.2, -0.15) is 4.31 Å². The molecule has 1 saturated carbocycles. The van der Waals surface area contributed by atoms with Crippen molar-refractivity contribution in [2.24, 2.45) is 5.92 Å². The van der Waals surface area contributed by atoms with Gasteiger partial charge in [-0.3, -0.25) is 4.79 Å². The molecule has 6 heteroatoms. The number of rotatable bonds is 5. The monoisotopic (exact) mass is 316 g/mol. The number of likely N-dealkylation sites (tertiary alicyclic amines) is 1. The van der Waals surface area contributed by atoms with Crippen LogP contribution in [0, 0.1) is 5.92 Å².